The largest absolute Gasteiger partial charge is 0.481 e. The van der Waals surface area contributed by atoms with Gasteiger partial charge in [-0.05, 0) is 38.0 Å². The molecule has 2 N–H and O–H groups in total. The first-order chi connectivity index (χ1) is 9.47. The number of hydrogen-bond donors (Lipinski definition) is 2. The molecule has 114 valence electrons. The summed E-state index contributed by atoms with van der Waals surface area (Å²) in [5.74, 6) is -0.571. The molecule has 2 atom stereocenters. The molecule has 2 saturated carbocycles. The fourth-order valence-corrected chi connectivity index (χ4v) is 2.98. The molecule has 0 spiro atoms. The average molecular weight is 282 g/mol. The van der Waals surface area contributed by atoms with Crippen molar-refractivity contribution in [3.05, 3.63) is 0 Å². The molecule has 0 aromatic carbocycles. The number of urea groups is 1. The highest BCUT2D eigenvalue weighted by Crippen LogP contribution is 2.29. The van der Waals surface area contributed by atoms with Gasteiger partial charge in [0.2, 0.25) is 0 Å². The number of amides is 2. The van der Waals surface area contributed by atoms with Crippen molar-refractivity contribution in [1.29, 1.82) is 0 Å². The standard InChI is InChI=1S/C15H26N2O3/c1-10(2)9-17(13-6-7-13)15(20)16-12-5-3-4-11(8-12)14(18)19/h10-13H,3-9H2,1-2H3,(H,16,20)(H,18,19). The first kappa shape index (κ1) is 15.1. The fourth-order valence-electron chi connectivity index (χ4n) is 2.98. The molecule has 2 aliphatic rings. The number of carboxylic acids is 1. The lowest BCUT2D eigenvalue weighted by atomic mass is 9.86. The van der Waals surface area contributed by atoms with Crippen LogP contribution >= 0.6 is 0 Å². The second-order valence-electron chi connectivity index (χ2n) is 6.63. The van der Waals surface area contributed by atoms with Crippen LogP contribution in [-0.4, -0.2) is 40.6 Å². The van der Waals surface area contributed by atoms with Crippen LogP contribution in [0.4, 0.5) is 4.79 Å². The van der Waals surface area contributed by atoms with Crippen LogP contribution in [0.1, 0.15) is 52.4 Å². The van der Waals surface area contributed by atoms with Gasteiger partial charge in [-0.3, -0.25) is 4.79 Å². The molecular weight excluding hydrogens is 256 g/mol. The summed E-state index contributed by atoms with van der Waals surface area (Å²) in [5, 5.41) is 12.1. The molecule has 0 aliphatic heterocycles. The van der Waals surface area contributed by atoms with Gasteiger partial charge in [-0.15, -0.1) is 0 Å². The quantitative estimate of drug-likeness (QED) is 0.813. The molecule has 0 radical (unpaired) electrons. The molecule has 20 heavy (non-hydrogen) atoms. The van der Waals surface area contributed by atoms with E-state index in [9.17, 15) is 9.59 Å². The van der Waals surface area contributed by atoms with E-state index < -0.39 is 5.97 Å². The normalized spacial score (nSPS) is 26.4. The molecule has 2 amide bonds. The Hall–Kier alpha value is -1.26. The second-order valence-corrected chi connectivity index (χ2v) is 6.63. The topological polar surface area (TPSA) is 69.6 Å². The summed E-state index contributed by atoms with van der Waals surface area (Å²) in [7, 11) is 0. The van der Waals surface area contributed by atoms with E-state index in [1.807, 2.05) is 4.90 Å². The third-order valence-electron chi connectivity index (χ3n) is 4.16. The van der Waals surface area contributed by atoms with E-state index in [0.717, 1.165) is 38.6 Å². The van der Waals surface area contributed by atoms with E-state index in [1.165, 1.54) is 0 Å². The summed E-state index contributed by atoms with van der Waals surface area (Å²) in [6.07, 6.45) is 5.29. The first-order valence-electron chi connectivity index (χ1n) is 7.77. The van der Waals surface area contributed by atoms with E-state index in [4.69, 9.17) is 5.11 Å². The number of carbonyl (C=O) groups is 2. The van der Waals surface area contributed by atoms with Gasteiger partial charge in [-0.1, -0.05) is 20.3 Å². The van der Waals surface area contributed by atoms with Crippen molar-refractivity contribution in [1.82, 2.24) is 10.2 Å². The highest BCUT2D eigenvalue weighted by atomic mass is 16.4. The Morgan fingerprint density at radius 2 is 1.95 bits per heavy atom. The third-order valence-corrected chi connectivity index (χ3v) is 4.16. The Bertz CT molecular complexity index is 366. The highest BCUT2D eigenvalue weighted by molar-refractivity contribution is 5.75. The molecule has 0 bridgehead atoms. The predicted molar refractivity (Wildman–Crippen MR) is 76.5 cm³/mol. The fraction of sp³-hybridized carbons (Fsp3) is 0.867. The van der Waals surface area contributed by atoms with Gasteiger partial charge in [-0.2, -0.15) is 0 Å². The van der Waals surface area contributed by atoms with Gasteiger partial charge in [0, 0.05) is 18.6 Å². The summed E-state index contributed by atoms with van der Waals surface area (Å²) in [6, 6.07) is 0.416. The first-order valence-corrected chi connectivity index (χ1v) is 7.77. The number of nitrogens with one attached hydrogen (secondary N) is 1. The molecule has 0 saturated heterocycles. The molecule has 0 aromatic rings. The van der Waals surface area contributed by atoms with Gasteiger partial charge in [0.15, 0.2) is 0 Å². The Morgan fingerprint density at radius 3 is 2.50 bits per heavy atom. The lowest BCUT2D eigenvalue weighted by molar-refractivity contribution is -0.143. The van der Waals surface area contributed by atoms with Gasteiger partial charge in [0.25, 0.3) is 0 Å². The summed E-state index contributed by atoms with van der Waals surface area (Å²) >= 11 is 0. The zero-order valence-corrected chi connectivity index (χ0v) is 12.5. The van der Waals surface area contributed by atoms with Crippen LogP contribution in [0.25, 0.3) is 0 Å². The highest BCUT2D eigenvalue weighted by Gasteiger charge is 2.35. The number of nitrogens with zero attached hydrogens (tertiary/aromatic N) is 1. The van der Waals surface area contributed by atoms with Crippen molar-refractivity contribution >= 4 is 12.0 Å². The zero-order chi connectivity index (χ0) is 14.7. The Morgan fingerprint density at radius 1 is 1.25 bits per heavy atom. The van der Waals surface area contributed by atoms with Crippen molar-refractivity contribution in [3.63, 3.8) is 0 Å². The number of carboxylic acid groups (broad SMARTS) is 1. The summed E-state index contributed by atoms with van der Waals surface area (Å²) in [4.78, 5) is 25.4. The molecule has 5 nitrogen and oxygen atoms in total. The summed E-state index contributed by atoms with van der Waals surface area (Å²) < 4.78 is 0. The van der Waals surface area contributed by atoms with Gasteiger partial charge in [0.05, 0.1) is 5.92 Å². The summed E-state index contributed by atoms with van der Waals surface area (Å²) in [5.41, 5.74) is 0. The van der Waals surface area contributed by atoms with Crippen molar-refractivity contribution in [2.24, 2.45) is 11.8 Å². The van der Waals surface area contributed by atoms with E-state index in [-0.39, 0.29) is 18.0 Å². The van der Waals surface area contributed by atoms with Gasteiger partial charge in [0.1, 0.15) is 0 Å². The maximum Gasteiger partial charge on any atom is 0.317 e. The molecular formula is C15H26N2O3. The number of hydrogen-bond acceptors (Lipinski definition) is 2. The van der Waals surface area contributed by atoms with Crippen LogP contribution in [-0.2, 0) is 4.79 Å². The van der Waals surface area contributed by atoms with Crippen LogP contribution in [0.3, 0.4) is 0 Å². The lowest BCUT2D eigenvalue weighted by Crippen LogP contribution is -2.48. The average Bonchev–Trinajstić information content (AvgIpc) is 3.20. The SMILES string of the molecule is CC(C)CN(C(=O)NC1CCCC(C(=O)O)C1)C1CC1. The minimum atomic E-state index is -0.731. The molecule has 0 aromatic heterocycles. The third kappa shape index (κ3) is 4.12. The van der Waals surface area contributed by atoms with Crippen molar-refractivity contribution < 1.29 is 14.7 Å². The van der Waals surface area contributed by atoms with Crippen molar-refractivity contribution in [3.8, 4) is 0 Å². The number of rotatable bonds is 5. The lowest BCUT2D eigenvalue weighted by Gasteiger charge is -2.31. The summed E-state index contributed by atoms with van der Waals surface area (Å²) in [6.45, 7) is 5.01. The molecule has 5 heteroatoms. The van der Waals surface area contributed by atoms with E-state index in [0.29, 0.717) is 18.4 Å². The zero-order valence-electron chi connectivity index (χ0n) is 12.5. The maximum atomic E-state index is 12.4. The molecule has 2 fully saturated rings. The van der Waals surface area contributed by atoms with Crippen molar-refractivity contribution in [2.45, 2.75) is 64.5 Å². The number of carbonyl (C=O) groups excluding carboxylic acids is 1. The van der Waals surface area contributed by atoms with Gasteiger partial charge < -0.3 is 15.3 Å². The Labute approximate surface area is 120 Å². The van der Waals surface area contributed by atoms with E-state index in [1.54, 1.807) is 0 Å². The second kappa shape index (κ2) is 6.46. The van der Waals surface area contributed by atoms with Crippen LogP contribution in [0.2, 0.25) is 0 Å². The van der Waals surface area contributed by atoms with E-state index in [2.05, 4.69) is 19.2 Å². The maximum absolute atomic E-state index is 12.4. The smallest absolute Gasteiger partial charge is 0.317 e. The van der Waals surface area contributed by atoms with E-state index >= 15 is 0 Å². The monoisotopic (exact) mass is 282 g/mol. The number of aliphatic carboxylic acids is 1. The van der Waals surface area contributed by atoms with Crippen LogP contribution in [0.15, 0.2) is 0 Å². The predicted octanol–water partition coefficient (Wildman–Crippen LogP) is 2.46. The minimum absolute atomic E-state index is 0.00256. The Balaban J connectivity index is 1.87. The van der Waals surface area contributed by atoms with Crippen LogP contribution in [0, 0.1) is 11.8 Å². The molecule has 0 heterocycles. The van der Waals surface area contributed by atoms with Gasteiger partial charge in [-0.25, -0.2) is 4.79 Å². The molecule has 2 aliphatic carbocycles. The molecule has 2 rings (SSSR count). The molecule has 2 unspecified atom stereocenters. The van der Waals surface area contributed by atoms with Gasteiger partial charge >= 0.3 is 12.0 Å². The van der Waals surface area contributed by atoms with Crippen molar-refractivity contribution in [2.75, 3.05) is 6.54 Å². The Kier molecular flexibility index (Phi) is 4.89. The van der Waals surface area contributed by atoms with Crippen LogP contribution < -0.4 is 5.32 Å². The minimum Gasteiger partial charge on any atom is -0.481 e. The van der Waals surface area contributed by atoms with Crippen LogP contribution in [0.5, 0.6) is 0 Å².